The van der Waals surface area contributed by atoms with Crippen LogP contribution in [0, 0.1) is 5.41 Å². The number of hydrogen-bond acceptors (Lipinski definition) is 6. The predicted octanol–water partition coefficient (Wildman–Crippen LogP) is 9.26. The second-order valence-electron chi connectivity index (χ2n) is 12.9. The van der Waals surface area contributed by atoms with Gasteiger partial charge in [-0.2, -0.15) is 0 Å². The molecule has 0 aromatic heterocycles. The summed E-state index contributed by atoms with van der Waals surface area (Å²) in [5, 5.41) is 0. The van der Waals surface area contributed by atoms with E-state index in [2.05, 4.69) is 48.9 Å². The number of ether oxygens (including phenoxy) is 4. The van der Waals surface area contributed by atoms with Crippen molar-refractivity contribution in [3.8, 4) is 23.0 Å². The average molecular weight is 692 g/mol. The molecule has 0 N–H and O–H groups in total. The van der Waals surface area contributed by atoms with Gasteiger partial charge in [-0.05, 0) is 72.7 Å². The molecule has 1 spiro atoms. The number of ketones is 1. The van der Waals surface area contributed by atoms with Gasteiger partial charge in [0.05, 0.1) is 30.9 Å². The van der Waals surface area contributed by atoms with Crippen LogP contribution in [-0.2, 0) is 12.0 Å². The largest absolute Gasteiger partial charge is 0.496 e. The third kappa shape index (κ3) is 4.74. The van der Waals surface area contributed by atoms with Crippen molar-refractivity contribution in [1.82, 2.24) is 0 Å². The SMILES string of the molecule is COc1ccc(OC(=O)c2ccc(Br)cc2)c2c1C1=C[C@@]3(C(C)=CCCC3(C)C)c3c(OC)cc(OCc4ccccc4)c(c31)C2=O. The average Bonchev–Trinajstić information content (AvgIpc) is 3.44. The number of esters is 1. The Morgan fingerprint density at radius 3 is 2.19 bits per heavy atom. The smallest absolute Gasteiger partial charge is 0.343 e. The number of allylic oxidation sites excluding steroid dienone is 3. The molecule has 0 unspecified atom stereocenters. The Bertz CT molecular complexity index is 2010. The summed E-state index contributed by atoms with van der Waals surface area (Å²) in [6, 6.07) is 22.0. The fourth-order valence-electron chi connectivity index (χ4n) is 7.66. The lowest BCUT2D eigenvalue weighted by atomic mass is 9.55. The molecule has 0 saturated heterocycles. The summed E-state index contributed by atoms with van der Waals surface area (Å²) in [5.41, 5.74) is 5.61. The summed E-state index contributed by atoms with van der Waals surface area (Å²) in [4.78, 5) is 28.4. The summed E-state index contributed by atoms with van der Waals surface area (Å²) in [5.74, 6) is 0.877. The molecule has 4 aromatic carbocycles. The number of carbonyl (C=O) groups is 2. The lowest BCUT2D eigenvalue weighted by molar-refractivity contribution is 0.0732. The van der Waals surface area contributed by atoms with Gasteiger partial charge >= 0.3 is 5.97 Å². The van der Waals surface area contributed by atoms with E-state index in [9.17, 15) is 4.79 Å². The Labute approximate surface area is 283 Å². The van der Waals surface area contributed by atoms with Crippen molar-refractivity contribution in [1.29, 1.82) is 0 Å². The van der Waals surface area contributed by atoms with Crippen LogP contribution in [0.15, 0.2) is 95.0 Å². The zero-order valence-electron chi connectivity index (χ0n) is 27.0. The first-order valence-corrected chi connectivity index (χ1v) is 16.5. The number of halogens is 1. The van der Waals surface area contributed by atoms with E-state index in [-0.39, 0.29) is 29.1 Å². The van der Waals surface area contributed by atoms with Crippen molar-refractivity contribution in [3.05, 3.63) is 134 Å². The molecule has 7 heteroatoms. The van der Waals surface area contributed by atoms with E-state index in [4.69, 9.17) is 18.9 Å². The van der Waals surface area contributed by atoms with Crippen molar-refractivity contribution in [2.24, 2.45) is 5.41 Å². The summed E-state index contributed by atoms with van der Waals surface area (Å²) < 4.78 is 25.4. The maximum absolute atomic E-state index is 15.0. The second kappa shape index (κ2) is 11.6. The molecule has 0 amide bonds. The summed E-state index contributed by atoms with van der Waals surface area (Å²) >= 11 is 3.41. The van der Waals surface area contributed by atoms with Gasteiger partial charge in [0.2, 0.25) is 5.78 Å². The minimum atomic E-state index is -0.566. The lowest BCUT2D eigenvalue weighted by Gasteiger charge is -2.48. The van der Waals surface area contributed by atoms with Crippen LogP contribution in [0.25, 0.3) is 5.57 Å². The molecule has 0 fully saturated rings. The highest BCUT2D eigenvalue weighted by atomic mass is 79.9. The Hall–Kier alpha value is -4.62. The first kappa shape index (κ1) is 31.0. The van der Waals surface area contributed by atoms with E-state index in [0.717, 1.165) is 39.6 Å². The normalized spacial score (nSPS) is 18.6. The molecule has 0 aliphatic heterocycles. The maximum Gasteiger partial charge on any atom is 0.343 e. The number of rotatable bonds is 7. The topological polar surface area (TPSA) is 71.1 Å². The van der Waals surface area contributed by atoms with Gasteiger partial charge in [-0.3, -0.25) is 4.79 Å². The van der Waals surface area contributed by atoms with Crippen LogP contribution in [0.5, 0.6) is 23.0 Å². The van der Waals surface area contributed by atoms with Gasteiger partial charge in [0.1, 0.15) is 29.6 Å². The van der Waals surface area contributed by atoms with E-state index in [0.29, 0.717) is 33.9 Å². The zero-order valence-corrected chi connectivity index (χ0v) is 28.6. The minimum Gasteiger partial charge on any atom is -0.496 e. The highest BCUT2D eigenvalue weighted by Gasteiger charge is 2.56. The van der Waals surface area contributed by atoms with Crippen molar-refractivity contribution < 1.29 is 28.5 Å². The molecule has 7 rings (SSSR count). The molecule has 0 bridgehead atoms. The van der Waals surface area contributed by atoms with Gasteiger partial charge in [-0.15, -0.1) is 0 Å². The Kier molecular flexibility index (Phi) is 7.63. The molecular weight excluding hydrogens is 656 g/mol. The van der Waals surface area contributed by atoms with Crippen molar-refractivity contribution in [3.63, 3.8) is 0 Å². The van der Waals surface area contributed by atoms with Gasteiger partial charge in [-0.25, -0.2) is 4.79 Å². The third-order valence-corrected chi connectivity index (χ3v) is 10.5. The molecular formula is C40H35BrO6. The molecule has 6 nitrogen and oxygen atoms in total. The summed E-state index contributed by atoms with van der Waals surface area (Å²) in [6.07, 6.45) is 6.48. The van der Waals surface area contributed by atoms with Crippen LogP contribution in [0.4, 0.5) is 0 Å². The van der Waals surface area contributed by atoms with E-state index in [1.165, 1.54) is 5.57 Å². The highest BCUT2D eigenvalue weighted by molar-refractivity contribution is 9.10. The molecule has 0 saturated carbocycles. The van der Waals surface area contributed by atoms with E-state index in [1.807, 2.05) is 36.4 Å². The lowest BCUT2D eigenvalue weighted by Crippen LogP contribution is -2.43. The predicted molar refractivity (Wildman–Crippen MR) is 185 cm³/mol. The molecule has 0 radical (unpaired) electrons. The molecule has 47 heavy (non-hydrogen) atoms. The van der Waals surface area contributed by atoms with Crippen LogP contribution >= 0.6 is 15.9 Å². The van der Waals surface area contributed by atoms with E-state index < -0.39 is 11.4 Å². The maximum atomic E-state index is 15.0. The van der Waals surface area contributed by atoms with Crippen molar-refractivity contribution in [2.45, 2.75) is 45.6 Å². The molecule has 238 valence electrons. The molecule has 3 aliphatic rings. The van der Waals surface area contributed by atoms with Gasteiger partial charge in [0.15, 0.2) is 0 Å². The van der Waals surface area contributed by atoms with Crippen LogP contribution in [0.2, 0.25) is 0 Å². The number of carbonyl (C=O) groups excluding carboxylic acids is 2. The number of benzene rings is 4. The molecule has 3 aliphatic carbocycles. The van der Waals surface area contributed by atoms with Crippen LogP contribution in [0.1, 0.15) is 82.1 Å². The number of methoxy groups -OCH3 is 2. The van der Waals surface area contributed by atoms with Gasteiger partial charge in [0, 0.05) is 32.6 Å². The van der Waals surface area contributed by atoms with E-state index in [1.54, 1.807) is 50.6 Å². The van der Waals surface area contributed by atoms with Crippen LogP contribution in [0.3, 0.4) is 0 Å². The van der Waals surface area contributed by atoms with Gasteiger partial charge < -0.3 is 18.9 Å². The first-order chi connectivity index (χ1) is 22.6. The number of hydrogen-bond donors (Lipinski definition) is 0. The Balaban J connectivity index is 1.50. The quantitative estimate of drug-likeness (QED) is 0.0963. The van der Waals surface area contributed by atoms with Crippen LogP contribution in [-0.4, -0.2) is 26.0 Å². The molecule has 0 heterocycles. The highest BCUT2D eigenvalue weighted by Crippen LogP contribution is 2.65. The third-order valence-electron chi connectivity index (χ3n) is 10.0. The van der Waals surface area contributed by atoms with Crippen molar-refractivity contribution >= 4 is 33.3 Å². The fraction of sp³-hybridized carbons (Fsp3) is 0.250. The standard InChI is InChI=1S/C40H35BrO6/c1-23-10-9-19-39(2,3)40(23)21-27-32-28(44-4)17-18-29(47-38(43)25-13-15-26(41)16-14-25)34(32)37(42)35-30(20-31(45-5)36(40)33(27)35)46-22-24-11-7-6-8-12-24/h6-8,10-18,20-21H,9,19,22H2,1-5H3/t40-/m1/s1. The minimum absolute atomic E-state index is 0.160. The monoisotopic (exact) mass is 690 g/mol. The fourth-order valence-corrected chi connectivity index (χ4v) is 7.92. The van der Waals surface area contributed by atoms with Gasteiger partial charge in [-0.1, -0.05) is 77.8 Å². The summed E-state index contributed by atoms with van der Waals surface area (Å²) in [6.45, 7) is 6.98. The summed E-state index contributed by atoms with van der Waals surface area (Å²) in [7, 11) is 3.25. The Morgan fingerprint density at radius 1 is 0.830 bits per heavy atom. The second-order valence-corrected chi connectivity index (χ2v) is 13.8. The van der Waals surface area contributed by atoms with Gasteiger partial charge in [0.25, 0.3) is 0 Å². The van der Waals surface area contributed by atoms with Crippen LogP contribution < -0.4 is 18.9 Å². The first-order valence-electron chi connectivity index (χ1n) is 15.7. The molecule has 4 aromatic rings. The molecule has 1 atom stereocenters. The number of fused-ring (bicyclic) bond motifs is 3. The van der Waals surface area contributed by atoms with E-state index >= 15 is 4.79 Å². The zero-order chi connectivity index (χ0) is 33.1. The Morgan fingerprint density at radius 2 is 1.51 bits per heavy atom. The van der Waals surface area contributed by atoms with Crippen molar-refractivity contribution in [2.75, 3.05) is 14.2 Å².